The molecule has 3 aromatic heterocycles. The summed E-state index contributed by atoms with van der Waals surface area (Å²) in [6, 6.07) is 13.9. The van der Waals surface area contributed by atoms with Crippen molar-refractivity contribution in [3.63, 3.8) is 0 Å². The van der Waals surface area contributed by atoms with Gasteiger partial charge in [0.25, 0.3) is 0 Å². The predicted molar refractivity (Wildman–Crippen MR) is 144 cm³/mol. The Kier molecular flexibility index (Phi) is 5.92. The highest BCUT2D eigenvalue weighted by Gasteiger charge is 2.16. The normalized spacial score (nSPS) is 11.5. The second kappa shape index (κ2) is 9.19. The number of anilines is 4. The molecule has 0 aliphatic carbocycles. The summed E-state index contributed by atoms with van der Waals surface area (Å²) in [4.78, 5) is 20.4. The number of aromatic amines is 2. The first kappa shape index (κ1) is 22.5. The Hall–Kier alpha value is -4.24. The molecule has 5 N–H and O–H groups in total. The number of benzene rings is 2. The summed E-state index contributed by atoms with van der Waals surface area (Å²) >= 11 is 0. The summed E-state index contributed by atoms with van der Waals surface area (Å²) in [6.45, 7) is 1.83. The number of nitrogens with zero attached hydrogens (tertiary/aromatic N) is 4. The second-order valence-corrected chi connectivity index (χ2v) is 8.84. The lowest BCUT2D eigenvalue weighted by atomic mass is 10.1. The van der Waals surface area contributed by atoms with Gasteiger partial charge in [-0.05, 0) is 44.4 Å². The van der Waals surface area contributed by atoms with Crippen LogP contribution in [0.25, 0.3) is 33.2 Å². The smallest absolute Gasteiger partial charge is 0.229 e. The molecule has 35 heavy (non-hydrogen) atoms. The molecule has 0 unspecified atom stereocenters. The number of H-pyrrole nitrogens is 2. The van der Waals surface area contributed by atoms with Gasteiger partial charge in [-0.15, -0.1) is 0 Å². The van der Waals surface area contributed by atoms with Crippen LogP contribution in [0, 0.1) is 0 Å². The van der Waals surface area contributed by atoms with Gasteiger partial charge in [-0.1, -0.05) is 12.1 Å². The summed E-state index contributed by atoms with van der Waals surface area (Å²) in [6.07, 6.45) is 3.83. The number of nitrogens with one attached hydrogen (secondary N) is 3. The average molecular weight is 471 g/mol. The minimum atomic E-state index is 0.486. The minimum absolute atomic E-state index is 0.486. The van der Waals surface area contributed by atoms with E-state index in [0.29, 0.717) is 11.6 Å². The number of fused-ring (bicyclic) bond motifs is 2. The number of likely N-dealkylation sites (N-methyl/N-ethyl adjacent to an activating group) is 2. The number of hydrogen-bond donors (Lipinski definition) is 4. The number of nitrogen functional groups attached to an aromatic ring is 1. The average Bonchev–Trinajstić information content (AvgIpc) is 3.49. The topological polar surface area (TPSA) is 111 Å². The van der Waals surface area contributed by atoms with Crippen LogP contribution in [0.1, 0.15) is 0 Å². The largest absolute Gasteiger partial charge is 0.495 e. The third-order valence-electron chi connectivity index (χ3n) is 6.15. The third kappa shape index (κ3) is 4.33. The number of ether oxygens (including phenoxy) is 1. The van der Waals surface area contributed by atoms with Gasteiger partial charge in [0.05, 0.1) is 29.7 Å². The van der Waals surface area contributed by atoms with Crippen LogP contribution < -0.4 is 20.7 Å². The van der Waals surface area contributed by atoms with E-state index in [-0.39, 0.29) is 0 Å². The molecule has 0 amide bonds. The molecule has 5 aromatic rings. The zero-order chi connectivity index (χ0) is 24.5. The Morgan fingerprint density at radius 2 is 1.86 bits per heavy atom. The fraction of sp³-hybridized carbons (Fsp3) is 0.231. The molecule has 0 radical (unpaired) electrons. The highest BCUT2D eigenvalue weighted by molar-refractivity contribution is 6.04. The SMILES string of the molecule is COc1cccc2c(-c3nc(Nc4ccc(N(C)CCN(C)C)c(N)c4)nc4[nH]ccc34)c[nH]c12. The van der Waals surface area contributed by atoms with Gasteiger partial charge in [-0.2, -0.15) is 4.98 Å². The lowest BCUT2D eigenvalue weighted by molar-refractivity contribution is 0.416. The number of nitrogens with two attached hydrogens (primary N) is 1. The van der Waals surface area contributed by atoms with E-state index in [0.717, 1.165) is 63.4 Å². The zero-order valence-corrected chi connectivity index (χ0v) is 20.4. The Morgan fingerprint density at radius 3 is 2.63 bits per heavy atom. The van der Waals surface area contributed by atoms with Gasteiger partial charge in [0.15, 0.2) is 0 Å². The maximum atomic E-state index is 6.39. The molecule has 9 heteroatoms. The summed E-state index contributed by atoms with van der Waals surface area (Å²) < 4.78 is 5.52. The molecule has 5 rings (SSSR count). The first-order valence-corrected chi connectivity index (χ1v) is 11.5. The highest BCUT2D eigenvalue weighted by atomic mass is 16.5. The number of aromatic nitrogens is 4. The van der Waals surface area contributed by atoms with Crippen LogP contribution in [0.5, 0.6) is 5.75 Å². The van der Waals surface area contributed by atoms with Crippen molar-refractivity contribution in [1.29, 1.82) is 0 Å². The van der Waals surface area contributed by atoms with Gasteiger partial charge < -0.3 is 35.6 Å². The Balaban J connectivity index is 1.49. The first-order valence-electron chi connectivity index (χ1n) is 11.5. The molecule has 0 aliphatic rings. The predicted octanol–water partition coefficient (Wildman–Crippen LogP) is 4.44. The molecule has 0 saturated heterocycles. The fourth-order valence-corrected chi connectivity index (χ4v) is 4.27. The molecule has 3 heterocycles. The zero-order valence-electron chi connectivity index (χ0n) is 20.4. The lowest BCUT2D eigenvalue weighted by Gasteiger charge is -2.23. The Labute approximate surface area is 203 Å². The first-order chi connectivity index (χ1) is 16.9. The van der Waals surface area contributed by atoms with Crippen LogP contribution >= 0.6 is 0 Å². The van der Waals surface area contributed by atoms with Crippen molar-refractivity contribution in [3.8, 4) is 17.0 Å². The van der Waals surface area contributed by atoms with Gasteiger partial charge >= 0.3 is 0 Å². The Morgan fingerprint density at radius 1 is 1.00 bits per heavy atom. The van der Waals surface area contributed by atoms with E-state index in [4.69, 9.17) is 15.5 Å². The van der Waals surface area contributed by atoms with Crippen LogP contribution in [0.4, 0.5) is 23.0 Å². The third-order valence-corrected chi connectivity index (χ3v) is 6.15. The molecule has 0 saturated carbocycles. The van der Waals surface area contributed by atoms with Crippen LogP contribution in [0.15, 0.2) is 54.9 Å². The molecule has 0 fully saturated rings. The molecule has 0 atom stereocenters. The van der Waals surface area contributed by atoms with Crippen molar-refractivity contribution in [2.75, 3.05) is 57.3 Å². The highest BCUT2D eigenvalue weighted by Crippen LogP contribution is 2.36. The molecule has 0 spiro atoms. The van der Waals surface area contributed by atoms with E-state index in [1.807, 2.05) is 55.8 Å². The van der Waals surface area contributed by atoms with E-state index in [9.17, 15) is 0 Å². The summed E-state index contributed by atoms with van der Waals surface area (Å²) in [7, 11) is 7.84. The summed E-state index contributed by atoms with van der Waals surface area (Å²) in [5.41, 5.74) is 12.4. The van der Waals surface area contributed by atoms with Crippen LogP contribution in [-0.4, -0.2) is 66.2 Å². The minimum Gasteiger partial charge on any atom is -0.495 e. The molecule has 9 nitrogen and oxygen atoms in total. The van der Waals surface area contributed by atoms with Gasteiger partial charge in [-0.3, -0.25) is 0 Å². The van der Waals surface area contributed by atoms with Crippen molar-refractivity contribution in [2.45, 2.75) is 0 Å². The lowest BCUT2D eigenvalue weighted by Crippen LogP contribution is -2.28. The van der Waals surface area contributed by atoms with Crippen LogP contribution in [-0.2, 0) is 0 Å². The molecule has 0 bridgehead atoms. The van der Waals surface area contributed by atoms with Crippen molar-refractivity contribution in [2.24, 2.45) is 0 Å². The summed E-state index contributed by atoms with van der Waals surface area (Å²) in [5, 5.41) is 5.31. The van der Waals surface area contributed by atoms with E-state index in [2.05, 4.69) is 50.2 Å². The van der Waals surface area contributed by atoms with Gasteiger partial charge in [0, 0.05) is 54.6 Å². The second-order valence-electron chi connectivity index (χ2n) is 8.84. The number of methoxy groups -OCH3 is 1. The van der Waals surface area contributed by atoms with E-state index in [1.54, 1.807) is 7.11 Å². The van der Waals surface area contributed by atoms with Crippen molar-refractivity contribution in [1.82, 2.24) is 24.8 Å². The molecular weight excluding hydrogens is 440 g/mol. The van der Waals surface area contributed by atoms with Crippen LogP contribution in [0.2, 0.25) is 0 Å². The molecule has 180 valence electrons. The van der Waals surface area contributed by atoms with Gasteiger partial charge in [-0.25, -0.2) is 4.98 Å². The molecule has 2 aromatic carbocycles. The maximum absolute atomic E-state index is 6.39. The van der Waals surface area contributed by atoms with Crippen molar-refractivity contribution >= 4 is 44.9 Å². The quantitative estimate of drug-likeness (QED) is 0.248. The number of para-hydroxylation sites is 1. The Bertz CT molecular complexity index is 1490. The van der Waals surface area contributed by atoms with Crippen molar-refractivity contribution < 1.29 is 4.74 Å². The maximum Gasteiger partial charge on any atom is 0.229 e. The molecular formula is C26H30N8O. The summed E-state index contributed by atoms with van der Waals surface area (Å²) in [5.74, 6) is 1.28. The van der Waals surface area contributed by atoms with Crippen LogP contribution in [0.3, 0.4) is 0 Å². The van der Waals surface area contributed by atoms with E-state index >= 15 is 0 Å². The number of rotatable bonds is 8. The van der Waals surface area contributed by atoms with E-state index in [1.165, 1.54) is 0 Å². The monoisotopic (exact) mass is 470 g/mol. The van der Waals surface area contributed by atoms with Gasteiger partial charge in [0.1, 0.15) is 11.4 Å². The standard InChI is InChI=1S/C26H30N8O/c1-33(2)12-13-34(3)21-9-8-16(14-20(21)27)30-26-31-23(18-10-11-28-25(18)32-26)19-15-29-24-17(19)6-5-7-22(24)35-4/h5-11,14-15,29H,12-13,27H2,1-4H3,(H2,28,30,31,32). The molecule has 0 aliphatic heterocycles. The fourth-order valence-electron chi connectivity index (χ4n) is 4.27. The van der Waals surface area contributed by atoms with Crippen molar-refractivity contribution in [3.05, 3.63) is 54.9 Å². The van der Waals surface area contributed by atoms with E-state index < -0.39 is 0 Å². The van der Waals surface area contributed by atoms with Gasteiger partial charge in [0.2, 0.25) is 5.95 Å². The number of hydrogen-bond acceptors (Lipinski definition) is 7.